The Bertz CT molecular complexity index is 1060. The first-order valence-corrected chi connectivity index (χ1v) is 7.84. The summed E-state index contributed by atoms with van der Waals surface area (Å²) in [5.74, 6) is 2.10. The first kappa shape index (κ1) is 19.4. The van der Waals surface area contributed by atoms with E-state index in [-0.39, 0.29) is 11.3 Å². The molecule has 3 rings (SSSR count). The molecular weight excluding hydrogens is 382 g/mol. The van der Waals surface area contributed by atoms with Crippen LogP contribution in [-0.2, 0) is 0 Å². The van der Waals surface area contributed by atoms with Gasteiger partial charge in [-0.1, -0.05) is 24.0 Å². The Labute approximate surface area is 156 Å². The van der Waals surface area contributed by atoms with Crippen molar-refractivity contribution < 1.29 is 31.1 Å². The fourth-order valence-corrected chi connectivity index (χ4v) is 2.35. The number of ether oxygens (including phenoxy) is 1. The van der Waals surface area contributed by atoms with Crippen LogP contribution >= 0.6 is 0 Å². The van der Waals surface area contributed by atoms with Crippen molar-refractivity contribution in [3.05, 3.63) is 89.2 Å². The number of hydrogen-bond acceptors (Lipinski definition) is 1. The maximum Gasteiger partial charge on any atom is 0.573 e. The molecule has 1 nitrogen and oxygen atoms in total. The largest absolute Gasteiger partial charge is 0.573 e. The zero-order valence-corrected chi connectivity index (χ0v) is 13.9. The maximum absolute atomic E-state index is 14.3. The average molecular weight is 392 g/mol. The molecular formula is C21H10F6O. The van der Waals surface area contributed by atoms with Crippen LogP contribution in [0.3, 0.4) is 0 Å². The summed E-state index contributed by atoms with van der Waals surface area (Å²) in [5, 5.41) is 0. The van der Waals surface area contributed by atoms with Crippen molar-refractivity contribution in [1.82, 2.24) is 0 Å². The number of rotatable bonds is 2. The smallest absolute Gasteiger partial charge is 0.406 e. The zero-order valence-electron chi connectivity index (χ0n) is 13.9. The highest BCUT2D eigenvalue weighted by atomic mass is 19.4. The summed E-state index contributed by atoms with van der Waals surface area (Å²) in [6.45, 7) is 0. The molecule has 3 aromatic carbocycles. The van der Waals surface area contributed by atoms with Crippen LogP contribution in [0.1, 0.15) is 11.1 Å². The van der Waals surface area contributed by atoms with E-state index in [0.717, 1.165) is 30.3 Å². The molecule has 0 spiro atoms. The van der Waals surface area contributed by atoms with Gasteiger partial charge in [0.15, 0.2) is 11.6 Å². The molecule has 28 heavy (non-hydrogen) atoms. The van der Waals surface area contributed by atoms with Gasteiger partial charge in [-0.05, 0) is 59.7 Å². The van der Waals surface area contributed by atoms with Crippen molar-refractivity contribution in [3.63, 3.8) is 0 Å². The van der Waals surface area contributed by atoms with E-state index in [4.69, 9.17) is 0 Å². The van der Waals surface area contributed by atoms with E-state index in [1.807, 2.05) is 0 Å². The first-order valence-electron chi connectivity index (χ1n) is 7.84. The Morgan fingerprint density at radius 1 is 0.643 bits per heavy atom. The molecule has 0 atom stereocenters. The third kappa shape index (κ3) is 4.86. The highest BCUT2D eigenvalue weighted by Gasteiger charge is 2.30. The number of benzene rings is 3. The Balaban J connectivity index is 1.79. The summed E-state index contributed by atoms with van der Waals surface area (Å²) in [6, 6.07) is 12.0. The molecule has 0 unspecified atom stereocenters. The van der Waals surface area contributed by atoms with Crippen molar-refractivity contribution >= 4 is 0 Å². The summed E-state index contributed by atoms with van der Waals surface area (Å²) in [4.78, 5) is 0. The molecule has 0 fully saturated rings. The van der Waals surface area contributed by atoms with Crippen LogP contribution in [0.2, 0.25) is 0 Å². The molecule has 0 aliphatic carbocycles. The highest BCUT2D eigenvalue weighted by molar-refractivity contribution is 5.65. The second-order valence-electron chi connectivity index (χ2n) is 5.65. The van der Waals surface area contributed by atoms with Crippen LogP contribution in [0.4, 0.5) is 26.3 Å². The molecule has 0 heterocycles. The van der Waals surface area contributed by atoms with E-state index in [1.165, 1.54) is 30.3 Å². The fourth-order valence-electron chi connectivity index (χ4n) is 2.35. The third-order valence-electron chi connectivity index (χ3n) is 3.65. The molecule has 0 saturated carbocycles. The molecule has 0 N–H and O–H groups in total. The maximum atomic E-state index is 14.3. The molecule has 0 aliphatic heterocycles. The van der Waals surface area contributed by atoms with Gasteiger partial charge in [0.2, 0.25) is 0 Å². The summed E-state index contributed by atoms with van der Waals surface area (Å²) in [5.41, 5.74) is 1.05. The normalized spacial score (nSPS) is 10.9. The van der Waals surface area contributed by atoms with Gasteiger partial charge in [0.05, 0.1) is 5.56 Å². The van der Waals surface area contributed by atoms with Crippen LogP contribution in [0, 0.1) is 29.3 Å². The van der Waals surface area contributed by atoms with E-state index in [1.54, 1.807) is 0 Å². The van der Waals surface area contributed by atoms with Gasteiger partial charge in [0.25, 0.3) is 0 Å². The minimum Gasteiger partial charge on any atom is -0.406 e. The lowest BCUT2D eigenvalue weighted by atomic mass is 10.0. The van der Waals surface area contributed by atoms with Crippen LogP contribution in [-0.4, -0.2) is 6.36 Å². The third-order valence-corrected chi connectivity index (χ3v) is 3.65. The summed E-state index contributed by atoms with van der Waals surface area (Å²) >= 11 is 0. The predicted molar refractivity (Wildman–Crippen MR) is 90.9 cm³/mol. The summed E-state index contributed by atoms with van der Waals surface area (Å²) in [6.07, 6.45) is -4.79. The Morgan fingerprint density at radius 3 is 1.82 bits per heavy atom. The van der Waals surface area contributed by atoms with Crippen LogP contribution in [0.5, 0.6) is 5.75 Å². The van der Waals surface area contributed by atoms with E-state index >= 15 is 0 Å². The van der Waals surface area contributed by atoms with Crippen molar-refractivity contribution in [2.45, 2.75) is 6.36 Å². The fraction of sp³-hybridized carbons (Fsp3) is 0.0476. The molecule has 0 aliphatic rings. The molecule has 0 amide bonds. The lowest BCUT2D eigenvalue weighted by Crippen LogP contribution is -2.16. The van der Waals surface area contributed by atoms with Crippen LogP contribution < -0.4 is 4.74 Å². The molecule has 3 aromatic rings. The minimum absolute atomic E-state index is 0.0435. The van der Waals surface area contributed by atoms with E-state index in [0.29, 0.717) is 16.7 Å². The molecule has 0 bridgehead atoms. The van der Waals surface area contributed by atoms with Gasteiger partial charge in [-0.2, -0.15) is 0 Å². The van der Waals surface area contributed by atoms with Crippen LogP contribution in [0.15, 0.2) is 60.7 Å². The van der Waals surface area contributed by atoms with Gasteiger partial charge in [0, 0.05) is 5.56 Å². The van der Waals surface area contributed by atoms with Gasteiger partial charge >= 0.3 is 6.36 Å². The van der Waals surface area contributed by atoms with Gasteiger partial charge in [0.1, 0.15) is 11.6 Å². The van der Waals surface area contributed by atoms with Gasteiger partial charge < -0.3 is 4.74 Å². The number of halogens is 6. The molecule has 142 valence electrons. The molecule has 0 saturated heterocycles. The van der Waals surface area contributed by atoms with E-state index in [9.17, 15) is 26.3 Å². The monoisotopic (exact) mass is 392 g/mol. The van der Waals surface area contributed by atoms with Gasteiger partial charge in [-0.3, -0.25) is 0 Å². The second kappa shape index (κ2) is 7.69. The van der Waals surface area contributed by atoms with E-state index < -0.39 is 23.8 Å². The lowest BCUT2D eigenvalue weighted by Gasteiger charge is -2.08. The number of hydrogen-bond donors (Lipinski definition) is 0. The summed E-state index contributed by atoms with van der Waals surface area (Å²) in [7, 11) is 0. The Kier molecular flexibility index (Phi) is 5.32. The topological polar surface area (TPSA) is 9.23 Å². The Hall–Kier alpha value is -3.40. The molecule has 0 aromatic heterocycles. The minimum atomic E-state index is -4.79. The van der Waals surface area contributed by atoms with Gasteiger partial charge in [-0.25, -0.2) is 13.2 Å². The molecule has 0 radical (unpaired) electrons. The summed E-state index contributed by atoms with van der Waals surface area (Å²) < 4.78 is 80.7. The first-order chi connectivity index (χ1) is 13.2. The van der Waals surface area contributed by atoms with Crippen molar-refractivity contribution in [2.75, 3.05) is 0 Å². The second-order valence-corrected chi connectivity index (χ2v) is 5.65. The zero-order chi connectivity index (χ0) is 20.3. The van der Waals surface area contributed by atoms with Gasteiger partial charge in [-0.15, -0.1) is 13.2 Å². The van der Waals surface area contributed by atoms with Crippen molar-refractivity contribution in [3.8, 4) is 28.7 Å². The average Bonchev–Trinajstić information content (AvgIpc) is 2.63. The lowest BCUT2D eigenvalue weighted by molar-refractivity contribution is -0.274. The van der Waals surface area contributed by atoms with Crippen molar-refractivity contribution in [2.24, 2.45) is 0 Å². The number of alkyl halides is 3. The molecule has 7 heteroatoms. The van der Waals surface area contributed by atoms with Crippen LogP contribution in [0.25, 0.3) is 11.1 Å². The quantitative estimate of drug-likeness (QED) is 0.380. The Morgan fingerprint density at radius 2 is 1.25 bits per heavy atom. The van der Waals surface area contributed by atoms with Crippen molar-refractivity contribution in [1.29, 1.82) is 0 Å². The highest BCUT2D eigenvalue weighted by Crippen LogP contribution is 2.24. The predicted octanol–water partition coefficient (Wildman–Crippen LogP) is 6.07. The van der Waals surface area contributed by atoms with E-state index in [2.05, 4.69) is 16.6 Å². The standard InChI is InChI=1S/C21H10F6O/c22-18-10-7-16(12-20(18)24)15-6-5-14(19(23)11-15)4-1-13-2-8-17(9-3-13)28-21(25,26)27/h2-3,5-12H. The SMILES string of the molecule is Fc1ccc(-c2ccc(C#Cc3ccc(OC(F)(F)F)cc3)c(F)c2)cc1F.